The Bertz CT molecular complexity index is 1810. The number of allylic oxidation sites excluding steroid dienone is 2. The molecule has 0 radical (unpaired) electrons. The second kappa shape index (κ2) is 17.5. The van der Waals surface area contributed by atoms with Gasteiger partial charge in [0.1, 0.15) is 48.8 Å². The largest absolute Gasteiger partial charge is 0.481 e. The minimum absolute atomic E-state index is 0.00129. The summed E-state index contributed by atoms with van der Waals surface area (Å²) in [6.07, 6.45) is -9.39. The van der Waals surface area contributed by atoms with Gasteiger partial charge in [0.2, 0.25) is 0 Å². The molecule has 4 saturated carbocycles. The van der Waals surface area contributed by atoms with Crippen LogP contribution in [0.15, 0.2) is 11.6 Å². The molecule has 0 amide bonds. The number of aliphatic hydroxyl groups excluding tert-OH is 7. The molecule has 1 unspecified atom stereocenters. The third-order valence-electron chi connectivity index (χ3n) is 19.0. The second-order valence-corrected chi connectivity index (χ2v) is 23.0. The third-order valence-corrected chi connectivity index (χ3v) is 19.0. The van der Waals surface area contributed by atoms with Crippen molar-refractivity contribution in [1.29, 1.82) is 0 Å². The van der Waals surface area contributed by atoms with Crippen LogP contribution < -0.4 is 0 Å². The van der Waals surface area contributed by atoms with E-state index in [1.165, 1.54) is 12.5 Å². The van der Waals surface area contributed by atoms with E-state index in [9.17, 15) is 50.4 Å². The summed E-state index contributed by atoms with van der Waals surface area (Å²) in [5.74, 6) is -1.17. The molecule has 5 aliphatic carbocycles. The highest BCUT2D eigenvalue weighted by molar-refractivity contribution is 5.76. The Balaban J connectivity index is 1.01. The second-order valence-electron chi connectivity index (χ2n) is 23.0. The maximum atomic E-state index is 13.1. The molecule has 0 aromatic heterocycles. The smallest absolute Gasteiger partial charge is 0.310 e. The summed E-state index contributed by atoms with van der Waals surface area (Å²) in [5, 5.41) is 88.1. The first kappa shape index (κ1) is 49.6. The molecule has 0 spiro atoms. The molecule has 3 saturated heterocycles. The van der Waals surface area contributed by atoms with E-state index in [0.717, 1.165) is 51.9 Å². The van der Waals surface area contributed by atoms with E-state index >= 15 is 0 Å². The number of aliphatic carboxylic acids is 1. The number of rotatable bonds is 9. The van der Waals surface area contributed by atoms with E-state index in [2.05, 4.69) is 47.6 Å². The van der Waals surface area contributed by atoms with Crippen molar-refractivity contribution in [3.63, 3.8) is 0 Å². The minimum atomic E-state index is -1.77. The van der Waals surface area contributed by atoms with Crippen molar-refractivity contribution in [3.8, 4) is 0 Å². The number of carbonyl (C=O) groups is 2. The number of esters is 1. The Kier molecular flexibility index (Phi) is 13.4. The molecule has 22 atom stereocenters. The first-order valence-electron chi connectivity index (χ1n) is 24.0. The predicted molar refractivity (Wildman–Crippen MR) is 228 cm³/mol. The molecule has 7 fully saturated rings. The zero-order valence-corrected chi connectivity index (χ0v) is 39.3. The van der Waals surface area contributed by atoms with Crippen molar-refractivity contribution < 1.29 is 83.6 Å². The van der Waals surface area contributed by atoms with Gasteiger partial charge in [-0.25, -0.2) is 0 Å². The van der Waals surface area contributed by atoms with Crippen molar-refractivity contribution in [1.82, 2.24) is 0 Å². The van der Waals surface area contributed by atoms with Crippen LogP contribution >= 0.6 is 0 Å². The van der Waals surface area contributed by atoms with Gasteiger partial charge in [-0.2, -0.15) is 0 Å². The molecular weight excluding hydrogens is 849 g/mol. The number of ether oxygens (including phenoxy) is 7. The van der Waals surface area contributed by atoms with Gasteiger partial charge in [-0.15, -0.1) is 0 Å². The van der Waals surface area contributed by atoms with Crippen LogP contribution in [0.2, 0.25) is 0 Å². The van der Waals surface area contributed by atoms with Crippen molar-refractivity contribution in [2.75, 3.05) is 19.8 Å². The molecule has 17 heteroatoms. The molecule has 0 bridgehead atoms. The molecule has 3 heterocycles. The lowest BCUT2D eigenvalue weighted by Crippen LogP contribution is -2.67. The fraction of sp³-hybridized carbons (Fsp3) is 0.917. The molecule has 370 valence electrons. The number of hydrogen-bond donors (Lipinski definition) is 8. The highest BCUT2D eigenvalue weighted by atomic mass is 16.8. The fourth-order valence-electron chi connectivity index (χ4n) is 14.8. The van der Waals surface area contributed by atoms with Crippen molar-refractivity contribution >= 4 is 11.9 Å². The Morgan fingerprint density at radius 2 is 1.34 bits per heavy atom. The van der Waals surface area contributed by atoms with Gasteiger partial charge in [0.15, 0.2) is 25.0 Å². The molecular formula is C48H76O17. The number of carboxylic acids is 1. The lowest BCUT2D eigenvalue weighted by Gasteiger charge is -2.71. The highest BCUT2D eigenvalue weighted by Crippen LogP contribution is 2.76. The zero-order chi connectivity index (χ0) is 47.4. The van der Waals surface area contributed by atoms with E-state index < -0.39 is 115 Å². The van der Waals surface area contributed by atoms with Gasteiger partial charge in [0.05, 0.1) is 37.4 Å². The summed E-state index contributed by atoms with van der Waals surface area (Å²) in [6.45, 7) is 15.6. The average molecular weight is 925 g/mol. The number of carboxylic acid groups (broad SMARTS) is 1. The van der Waals surface area contributed by atoms with Crippen molar-refractivity contribution in [3.05, 3.63) is 11.6 Å². The Labute approximate surface area is 382 Å². The van der Waals surface area contributed by atoms with Crippen LogP contribution in [0.25, 0.3) is 0 Å². The van der Waals surface area contributed by atoms with E-state index in [0.29, 0.717) is 19.3 Å². The number of hydrogen-bond acceptors (Lipinski definition) is 16. The molecule has 0 aromatic rings. The molecule has 0 aromatic carbocycles. The fourth-order valence-corrected chi connectivity index (χ4v) is 14.8. The van der Waals surface area contributed by atoms with Gasteiger partial charge in [-0.05, 0) is 111 Å². The lowest BCUT2D eigenvalue weighted by atomic mass is 9.33. The molecule has 8 N–H and O–H groups in total. The lowest BCUT2D eigenvalue weighted by molar-refractivity contribution is -0.379. The van der Waals surface area contributed by atoms with Gasteiger partial charge < -0.3 is 74.0 Å². The Morgan fingerprint density at radius 1 is 0.723 bits per heavy atom. The summed E-state index contributed by atoms with van der Waals surface area (Å²) in [4.78, 5) is 25.0. The average Bonchev–Trinajstić information content (AvgIpc) is 3.24. The van der Waals surface area contributed by atoms with Crippen molar-refractivity contribution in [2.45, 2.75) is 206 Å². The van der Waals surface area contributed by atoms with Crippen LogP contribution in [0.5, 0.6) is 0 Å². The topological polar surface area (TPSA) is 261 Å². The normalized spacial score (nSPS) is 53.0. The van der Waals surface area contributed by atoms with E-state index in [1.54, 1.807) is 0 Å². The highest BCUT2D eigenvalue weighted by Gasteiger charge is 2.70. The first-order valence-corrected chi connectivity index (χ1v) is 24.0. The number of aliphatic hydroxyl groups is 7. The van der Waals surface area contributed by atoms with E-state index in [1.807, 2.05) is 0 Å². The van der Waals surface area contributed by atoms with Gasteiger partial charge in [-0.1, -0.05) is 53.2 Å². The van der Waals surface area contributed by atoms with E-state index in [-0.39, 0.29) is 52.6 Å². The van der Waals surface area contributed by atoms with Crippen LogP contribution in [-0.2, 0) is 42.7 Å². The summed E-state index contributed by atoms with van der Waals surface area (Å²) < 4.78 is 41.7. The van der Waals surface area contributed by atoms with Crippen LogP contribution in [0.3, 0.4) is 0 Å². The van der Waals surface area contributed by atoms with Crippen LogP contribution in [0.1, 0.15) is 120 Å². The van der Waals surface area contributed by atoms with Gasteiger partial charge in [-0.3, -0.25) is 9.59 Å². The monoisotopic (exact) mass is 925 g/mol. The SMILES string of the molecule is CC(=O)O[C@H]1C(O[C@@H]2[C@@H](O)[C@H](C)O[C@@H](O[C@H]3[C@H](O[C@H]4CC[C@]5(C)[C@@H](CC[C@]6(C)[C@@H]5CC=C5[C@@H]7CC(C)(C)CC[C@]7(C(=O)O)CC[C@]56C)[C@]4(C)CO)OC[C@H](O)[C@@H]3O)[C@@H]2O)OC[C@H](O)[C@@H]1O. The van der Waals surface area contributed by atoms with Crippen LogP contribution in [-0.4, -0.2) is 159 Å². The van der Waals surface area contributed by atoms with Gasteiger partial charge >= 0.3 is 11.9 Å². The predicted octanol–water partition coefficient (Wildman–Crippen LogP) is 2.56. The van der Waals surface area contributed by atoms with E-state index in [4.69, 9.17) is 33.2 Å². The van der Waals surface area contributed by atoms with Gasteiger partial charge in [0.25, 0.3) is 0 Å². The Morgan fingerprint density at radius 3 is 1.97 bits per heavy atom. The van der Waals surface area contributed by atoms with Gasteiger partial charge in [0, 0.05) is 12.3 Å². The summed E-state index contributed by atoms with van der Waals surface area (Å²) in [5.41, 5.74) is -0.589. The maximum absolute atomic E-state index is 13.1. The zero-order valence-electron chi connectivity index (χ0n) is 39.3. The summed E-state index contributed by atoms with van der Waals surface area (Å²) in [6, 6.07) is 0. The maximum Gasteiger partial charge on any atom is 0.310 e. The molecule has 8 rings (SSSR count). The molecule has 65 heavy (non-hydrogen) atoms. The summed E-state index contributed by atoms with van der Waals surface area (Å²) >= 11 is 0. The molecule has 17 nitrogen and oxygen atoms in total. The standard InChI is InChI=1S/C48H76O17/c1-23-32(53)36(64-41-37(62-24(2)50)33(54)27(51)21-60-41)35(56)39(61-23)65-38-34(55)28(52)20-59-40(38)63-31-12-13-44(5)29(45(31,6)22-49)11-14-47(8)30(44)10-9-25-26-19-43(3,4)15-17-48(26,42(57)58)18-16-46(25,47)7/h9,23,26-41,49,51-56H,10-22H2,1-8H3,(H,57,58)/t23-,26-,27-,28-,29+,30+,31-,32-,33-,34-,35+,36+,37+,38+,39-,40-,41?,44+,45-,46+,47+,48-/m0/s1. The van der Waals surface area contributed by atoms with Crippen LogP contribution in [0, 0.1) is 50.2 Å². The number of carbonyl (C=O) groups excluding carboxylic acids is 1. The first-order chi connectivity index (χ1) is 30.4. The quantitative estimate of drug-likeness (QED) is 0.0939. The van der Waals surface area contributed by atoms with Crippen molar-refractivity contribution in [2.24, 2.45) is 50.2 Å². The van der Waals surface area contributed by atoms with Crippen LogP contribution in [0.4, 0.5) is 0 Å². The molecule has 8 aliphatic rings. The molecule has 3 aliphatic heterocycles. The number of fused-ring (bicyclic) bond motifs is 7. The minimum Gasteiger partial charge on any atom is -0.481 e. The Hall–Kier alpha value is -1.84. The third kappa shape index (κ3) is 7.96. The summed E-state index contributed by atoms with van der Waals surface area (Å²) in [7, 11) is 0.